The molecule has 0 aliphatic rings. The monoisotopic (exact) mass is 536 g/mol. The van der Waals surface area contributed by atoms with Gasteiger partial charge in [-0.25, -0.2) is 13.9 Å². The number of pyridine rings is 1. The standard InChI is InChI=1S/C26H25BrN4O2S/c1-16-9-11-18(15-28)29-22(16)14-23(31-34(32)26(2,3)4)19-7-5-6-8-20(19)25-21-12-10-17(27)13-24(21)33-30-25/h5-13,23,31H,14H2,1-4H3/t23-,34-/m0/s1. The van der Waals surface area contributed by atoms with E-state index in [0.717, 1.165) is 37.9 Å². The van der Waals surface area contributed by atoms with Crippen molar-refractivity contribution in [3.8, 4) is 17.3 Å². The van der Waals surface area contributed by atoms with Gasteiger partial charge in [-0.2, -0.15) is 5.26 Å². The molecule has 0 bridgehead atoms. The van der Waals surface area contributed by atoms with Crippen molar-refractivity contribution in [2.45, 2.75) is 44.9 Å². The Morgan fingerprint density at radius 2 is 1.94 bits per heavy atom. The molecule has 2 aromatic carbocycles. The van der Waals surface area contributed by atoms with E-state index in [4.69, 9.17) is 4.52 Å². The topological polar surface area (TPSA) is 91.8 Å². The van der Waals surface area contributed by atoms with Crippen molar-refractivity contribution in [3.63, 3.8) is 0 Å². The first-order chi connectivity index (χ1) is 16.2. The molecule has 8 heteroatoms. The van der Waals surface area contributed by atoms with E-state index in [1.807, 2.05) is 76.2 Å². The molecule has 0 fully saturated rings. The number of nitrogens with one attached hydrogen (secondary N) is 1. The molecule has 0 saturated heterocycles. The number of halogens is 1. The summed E-state index contributed by atoms with van der Waals surface area (Å²) in [6, 6.07) is 19.1. The molecule has 4 rings (SSSR count). The molecule has 0 spiro atoms. The van der Waals surface area contributed by atoms with E-state index >= 15 is 0 Å². The minimum Gasteiger partial charge on any atom is -0.356 e. The molecule has 0 amide bonds. The van der Waals surface area contributed by atoms with Crippen LogP contribution in [0.15, 0.2) is 63.6 Å². The van der Waals surface area contributed by atoms with Crippen LogP contribution in [-0.2, 0) is 17.4 Å². The Balaban J connectivity index is 1.84. The Morgan fingerprint density at radius 1 is 1.18 bits per heavy atom. The number of aromatic nitrogens is 2. The molecule has 0 saturated carbocycles. The average Bonchev–Trinajstić information content (AvgIpc) is 3.22. The molecule has 2 heterocycles. The van der Waals surface area contributed by atoms with Crippen molar-refractivity contribution in [2.75, 3.05) is 0 Å². The zero-order valence-electron chi connectivity index (χ0n) is 19.4. The molecule has 2 atom stereocenters. The number of hydrogen-bond donors (Lipinski definition) is 1. The quantitative estimate of drug-likeness (QED) is 0.318. The predicted molar refractivity (Wildman–Crippen MR) is 138 cm³/mol. The van der Waals surface area contributed by atoms with Gasteiger partial charge in [-0.05, 0) is 63.1 Å². The lowest BCUT2D eigenvalue weighted by Gasteiger charge is -2.26. The van der Waals surface area contributed by atoms with E-state index in [0.29, 0.717) is 17.7 Å². The Hall–Kier alpha value is -2.86. The van der Waals surface area contributed by atoms with Crippen molar-refractivity contribution >= 4 is 37.9 Å². The van der Waals surface area contributed by atoms with Crippen LogP contribution in [0.1, 0.15) is 49.3 Å². The zero-order chi connectivity index (χ0) is 24.5. The van der Waals surface area contributed by atoms with E-state index in [2.05, 4.69) is 36.9 Å². The second-order valence-corrected chi connectivity index (χ2v) is 12.0. The summed E-state index contributed by atoms with van der Waals surface area (Å²) < 4.78 is 22.6. The van der Waals surface area contributed by atoms with Crippen molar-refractivity contribution in [2.24, 2.45) is 0 Å². The van der Waals surface area contributed by atoms with Gasteiger partial charge in [0.1, 0.15) is 17.5 Å². The van der Waals surface area contributed by atoms with Gasteiger partial charge >= 0.3 is 0 Å². The molecule has 0 unspecified atom stereocenters. The Labute approximate surface area is 210 Å². The van der Waals surface area contributed by atoms with Gasteiger partial charge in [-0.15, -0.1) is 0 Å². The second kappa shape index (κ2) is 9.79. The van der Waals surface area contributed by atoms with Crippen LogP contribution in [0.25, 0.3) is 22.2 Å². The van der Waals surface area contributed by atoms with E-state index in [1.54, 1.807) is 6.07 Å². The highest BCUT2D eigenvalue weighted by Gasteiger charge is 2.27. The molecule has 174 valence electrons. The van der Waals surface area contributed by atoms with Gasteiger partial charge in [0.15, 0.2) is 5.58 Å². The van der Waals surface area contributed by atoms with Crippen molar-refractivity contribution in [1.29, 1.82) is 5.26 Å². The summed E-state index contributed by atoms with van der Waals surface area (Å²) in [7, 11) is -1.33. The van der Waals surface area contributed by atoms with Gasteiger partial charge in [-0.1, -0.05) is 51.4 Å². The first kappa shape index (κ1) is 24.3. The van der Waals surface area contributed by atoms with Crippen LogP contribution in [0.3, 0.4) is 0 Å². The Morgan fingerprint density at radius 3 is 2.68 bits per heavy atom. The molecule has 6 nitrogen and oxygen atoms in total. The molecule has 0 aliphatic heterocycles. The minimum atomic E-state index is -1.33. The molecule has 2 aromatic heterocycles. The summed E-state index contributed by atoms with van der Waals surface area (Å²) in [6.45, 7) is 7.77. The maximum absolute atomic E-state index is 13.2. The molecule has 34 heavy (non-hydrogen) atoms. The average molecular weight is 537 g/mol. The van der Waals surface area contributed by atoms with E-state index in [1.165, 1.54) is 0 Å². The summed E-state index contributed by atoms with van der Waals surface area (Å²) in [5.41, 5.74) is 5.34. The van der Waals surface area contributed by atoms with Crippen molar-refractivity contribution < 1.29 is 8.73 Å². The smallest absolute Gasteiger partial charge is 0.168 e. The maximum Gasteiger partial charge on any atom is 0.168 e. The second-order valence-electron chi connectivity index (χ2n) is 9.09. The number of fused-ring (bicyclic) bond motifs is 1. The summed E-state index contributed by atoms with van der Waals surface area (Å²) in [5, 5.41) is 14.6. The number of benzene rings is 2. The molecular weight excluding hydrogens is 512 g/mol. The third kappa shape index (κ3) is 5.12. The number of rotatable bonds is 6. The van der Waals surface area contributed by atoms with E-state index in [-0.39, 0.29) is 6.04 Å². The number of nitrogens with zero attached hydrogens (tertiary/aromatic N) is 3. The predicted octanol–water partition coefficient (Wildman–Crippen LogP) is 6.17. The largest absolute Gasteiger partial charge is 0.356 e. The summed E-state index contributed by atoms with van der Waals surface area (Å²) in [6.07, 6.45) is 0.460. The lowest BCUT2D eigenvalue weighted by molar-refractivity contribution is 0.459. The zero-order valence-corrected chi connectivity index (χ0v) is 21.8. The van der Waals surface area contributed by atoms with Gasteiger partial charge in [0.05, 0.1) is 21.8 Å². The first-order valence-electron chi connectivity index (χ1n) is 10.9. The summed E-state index contributed by atoms with van der Waals surface area (Å²) in [5.74, 6) is 0. The summed E-state index contributed by atoms with van der Waals surface area (Å²) >= 11 is 3.48. The minimum absolute atomic E-state index is 0.335. The highest BCUT2D eigenvalue weighted by molar-refractivity contribution is 9.10. The SMILES string of the molecule is Cc1ccc(C#N)nc1C[C@H](N[S@@](=O)C(C)(C)C)c1ccccc1-c1noc2cc(Br)ccc12. The van der Waals surface area contributed by atoms with Gasteiger partial charge < -0.3 is 4.52 Å². The molecular formula is C26H25BrN4O2S. The third-order valence-electron chi connectivity index (χ3n) is 5.54. The van der Waals surface area contributed by atoms with Crippen molar-refractivity contribution in [3.05, 3.63) is 81.6 Å². The van der Waals surface area contributed by atoms with Gasteiger partial charge in [0, 0.05) is 27.5 Å². The third-order valence-corrected chi connectivity index (χ3v) is 7.65. The number of aryl methyl sites for hydroxylation is 1. The number of hydrogen-bond acceptors (Lipinski definition) is 5. The van der Waals surface area contributed by atoms with Crippen LogP contribution in [0, 0.1) is 18.3 Å². The normalized spacial score (nSPS) is 13.5. The van der Waals surface area contributed by atoms with E-state index in [9.17, 15) is 9.47 Å². The van der Waals surface area contributed by atoms with Gasteiger partial charge in [-0.3, -0.25) is 0 Å². The molecule has 0 aliphatic carbocycles. The van der Waals surface area contributed by atoms with Gasteiger partial charge in [0.2, 0.25) is 0 Å². The molecule has 0 radical (unpaired) electrons. The number of nitriles is 1. The highest BCUT2D eigenvalue weighted by Crippen LogP contribution is 2.35. The first-order valence-corrected chi connectivity index (χ1v) is 12.8. The van der Waals surface area contributed by atoms with Crippen molar-refractivity contribution in [1.82, 2.24) is 14.9 Å². The van der Waals surface area contributed by atoms with E-state index < -0.39 is 15.7 Å². The Kier molecular flexibility index (Phi) is 6.99. The van der Waals surface area contributed by atoms with Crippen LogP contribution in [0.4, 0.5) is 0 Å². The molecule has 4 aromatic rings. The fraction of sp³-hybridized carbons (Fsp3) is 0.269. The van der Waals surface area contributed by atoms with Crippen LogP contribution in [0.5, 0.6) is 0 Å². The van der Waals surface area contributed by atoms with Crippen LogP contribution in [0.2, 0.25) is 0 Å². The fourth-order valence-corrected chi connectivity index (χ4v) is 4.84. The molecule has 1 N–H and O–H groups in total. The summed E-state index contributed by atoms with van der Waals surface area (Å²) in [4.78, 5) is 4.54. The highest BCUT2D eigenvalue weighted by atomic mass is 79.9. The van der Waals surface area contributed by atoms with Gasteiger partial charge in [0.25, 0.3) is 0 Å². The van der Waals surface area contributed by atoms with Crippen LogP contribution in [-0.4, -0.2) is 19.1 Å². The lowest BCUT2D eigenvalue weighted by atomic mass is 9.93. The van der Waals surface area contributed by atoms with Crippen LogP contribution < -0.4 is 4.72 Å². The lowest BCUT2D eigenvalue weighted by Crippen LogP contribution is -2.37. The van der Waals surface area contributed by atoms with Crippen LogP contribution >= 0.6 is 15.9 Å². The Bertz CT molecular complexity index is 1420. The maximum atomic E-state index is 13.2. The fourth-order valence-electron chi connectivity index (χ4n) is 3.68.